The lowest BCUT2D eigenvalue weighted by Crippen LogP contribution is -2.25. The molecule has 0 spiro atoms. The molecule has 94 valence electrons. The molecular weight excluding hydrogens is 220 g/mol. The summed E-state index contributed by atoms with van der Waals surface area (Å²) in [6.45, 7) is 0.525. The zero-order valence-corrected chi connectivity index (χ0v) is 9.96. The summed E-state index contributed by atoms with van der Waals surface area (Å²) in [4.78, 5) is 10.4. The van der Waals surface area contributed by atoms with Crippen LogP contribution in [0, 0.1) is 10.1 Å². The normalized spacial score (nSPS) is 12.4. The van der Waals surface area contributed by atoms with Gasteiger partial charge in [-0.3, -0.25) is 10.1 Å². The molecule has 5 nitrogen and oxygen atoms in total. The van der Waals surface area contributed by atoms with Gasteiger partial charge in [-0.25, -0.2) is 0 Å². The molecule has 0 amide bonds. The third-order valence-corrected chi connectivity index (χ3v) is 2.59. The molecule has 0 aromatic heterocycles. The zero-order valence-electron chi connectivity index (χ0n) is 9.96. The fraction of sp³-hybridized carbons (Fsp3) is 0.500. The van der Waals surface area contributed by atoms with E-state index in [0.29, 0.717) is 13.0 Å². The molecule has 1 aromatic rings. The highest BCUT2D eigenvalue weighted by Crippen LogP contribution is 2.19. The summed E-state index contributed by atoms with van der Waals surface area (Å²) in [5.74, 6) is 0. The summed E-state index contributed by atoms with van der Waals surface area (Å²) in [6, 6.07) is 6.82. The number of nitro groups is 1. The van der Waals surface area contributed by atoms with E-state index < -0.39 is 0 Å². The Labute approximate surface area is 101 Å². The maximum atomic E-state index is 10.8. The first-order valence-corrected chi connectivity index (χ1v) is 5.62. The van der Waals surface area contributed by atoms with Crippen molar-refractivity contribution in [1.82, 2.24) is 0 Å². The van der Waals surface area contributed by atoms with Gasteiger partial charge in [0.15, 0.2) is 0 Å². The Bertz CT molecular complexity index is 369. The molecule has 1 atom stereocenters. The zero-order chi connectivity index (χ0) is 12.7. The summed E-state index contributed by atoms with van der Waals surface area (Å²) in [6.07, 6.45) is 2.31. The Morgan fingerprint density at radius 1 is 1.47 bits per heavy atom. The monoisotopic (exact) mass is 238 g/mol. The van der Waals surface area contributed by atoms with Crippen LogP contribution in [0.15, 0.2) is 24.3 Å². The Kier molecular flexibility index (Phi) is 5.59. The van der Waals surface area contributed by atoms with Crippen LogP contribution in [-0.4, -0.2) is 24.7 Å². The molecular formula is C12H18N2O3. The van der Waals surface area contributed by atoms with Crippen molar-refractivity contribution < 1.29 is 9.66 Å². The van der Waals surface area contributed by atoms with Crippen LogP contribution in [0.2, 0.25) is 0 Å². The van der Waals surface area contributed by atoms with Gasteiger partial charge in [0.05, 0.1) is 11.5 Å². The second-order valence-corrected chi connectivity index (χ2v) is 3.99. The molecule has 0 heterocycles. The molecule has 17 heavy (non-hydrogen) atoms. The van der Waals surface area contributed by atoms with Gasteiger partial charge in [-0.05, 0) is 19.3 Å². The molecule has 0 fully saturated rings. The quantitative estimate of drug-likeness (QED) is 0.581. The molecule has 0 saturated heterocycles. The van der Waals surface area contributed by atoms with E-state index in [2.05, 4.69) is 0 Å². The van der Waals surface area contributed by atoms with Crippen LogP contribution < -0.4 is 5.73 Å². The first-order valence-electron chi connectivity index (χ1n) is 5.62. The van der Waals surface area contributed by atoms with Crippen molar-refractivity contribution in [2.24, 2.45) is 5.73 Å². The number of benzene rings is 1. The van der Waals surface area contributed by atoms with Crippen LogP contribution in [0.5, 0.6) is 0 Å². The van der Waals surface area contributed by atoms with Crippen molar-refractivity contribution >= 4 is 5.69 Å². The minimum absolute atomic E-state index is 0.00256. The van der Waals surface area contributed by atoms with Crippen LogP contribution in [0.25, 0.3) is 0 Å². The first-order chi connectivity index (χ1) is 8.15. The van der Waals surface area contributed by atoms with Crippen LogP contribution >= 0.6 is 0 Å². The number of methoxy groups -OCH3 is 1. The number of nitro benzene ring substituents is 1. The van der Waals surface area contributed by atoms with Crippen LogP contribution in [0.1, 0.15) is 18.4 Å². The maximum Gasteiger partial charge on any atom is 0.272 e. The Morgan fingerprint density at radius 2 is 2.18 bits per heavy atom. The molecule has 1 aromatic carbocycles. The highest BCUT2D eigenvalue weighted by molar-refractivity contribution is 5.39. The topological polar surface area (TPSA) is 78.4 Å². The molecule has 0 aliphatic heterocycles. The van der Waals surface area contributed by atoms with Crippen molar-refractivity contribution in [3.8, 4) is 0 Å². The van der Waals surface area contributed by atoms with Gasteiger partial charge in [0.25, 0.3) is 5.69 Å². The van der Waals surface area contributed by atoms with E-state index in [0.717, 1.165) is 18.4 Å². The third kappa shape index (κ3) is 4.50. The van der Waals surface area contributed by atoms with Crippen molar-refractivity contribution in [3.05, 3.63) is 39.9 Å². The summed E-state index contributed by atoms with van der Waals surface area (Å²) in [5, 5.41) is 10.8. The number of ether oxygens (including phenoxy) is 1. The predicted octanol–water partition coefficient (Wildman–Crippen LogP) is 1.89. The first kappa shape index (κ1) is 13.6. The van der Waals surface area contributed by atoms with Crippen molar-refractivity contribution in [2.75, 3.05) is 13.7 Å². The Balaban J connectivity index is 2.49. The highest BCUT2D eigenvalue weighted by atomic mass is 16.6. The number of nitrogens with two attached hydrogens (primary N) is 1. The number of hydrogen-bond donors (Lipinski definition) is 1. The van der Waals surface area contributed by atoms with E-state index in [1.165, 1.54) is 6.07 Å². The molecule has 2 N–H and O–H groups in total. The molecule has 0 radical (unpaired) electrons. The summed E-state index contributed by atoms with van der Waals surface area (Å²) >= 11 is 0. The summed E-state index contributed by atoms with van der Waals surface area (Å²) in [5.41, 5.74) is 6.74. The van der Waals surface area contributed by atoms with Gasteiger partial charge in [-0.15, -0.1) is 0 Å². The second kappa shape index (κ2) is 6.98. The third-order valence-electron chi connectivity index (χ3n) is 2.59. The predicted molar refractivity (Wildman–Crippen MR) is 65.9 cm³/mol. The molecule has 5 heteroatoms. The molecule has 0 saturated carbocycles. The minimum Gasteiger partial charge on any atom is -0.383 e. The van der Waals surface area contributed by atoms with Crippen LogP contribution in [0.4, 0.5) is 5.69 Å². The van der Waals surface area contributed by atoms with Gasteiger partial charge in [-0.2, -0.15) is 0 Å². The van der Waals surface area contributed by atoms with Gasteiger partial charge < -0.3 is 10.5 Å². The number of rotatable bonds is 7. The number of nitrogens with zero attached hydrogens (tertiary/aromatic N) is 1. The summed E-state index contributed by atoms with van der Waals surface area (Å²) < 4.78 is 4.94. The Hall–Kier alpha value is -1.46. The van der Waals surface area contributed by atoms with E-state index in [1.807, 2.05) is 6.07 Å². The maximum absolute atomic E-state index is 10.8. The molecule has 1 rings (SSSR count). The second-order valence-electron chi connectivity index (χ2n) is 3.99. The van der Waals surface area contributed by atoms with Crippen LogP contribution in [0.3, 0.4) is 0 Å². The van der Waals surface area contributed by atoms with Gasteiger partial charge >= 0.3 is 0 Å². The van der Waals surface area contributed by atoms with E-state index >= 15 is 0 Å². The van der Waals surface area contributed by atoms with Crippen molar-refractivity contribution in [3.63, 3.8) is 0 Å². The lowest BCUT2D eigenvalue weighted by Gasteiger charge is -2.09. The van der Waals surface area contributed by atoms with Gasteiger partial charge in [-0.1, -0.05) is 18.2 Å². The van der Waals surface area contributed by atoms with Gasteiger partial charge in [0.2, 0.25) is 0 Å². The van der Waals surface area contributed by atoms with E-state index in [-0.39, 0.29) is 16.7 Å². The molecule has 0 aliphatic carbocycles. The van der Waals surface area contributed by atoms with E-state index in [9.17, 15) is 10.1 Å². The lowest BCUT2D eigenvalue weighted by atomic mass is 10.0. The number of para-hydroxylation sites is 1. The average molecular weight is 238 g/mol. The SMILES string of the molecule is COCC(N)CCCc1ccccc1[N+](=O)[O-]. The fourth-order valence-corrected chi connectivity index (χ4v) is 1.75. The molecule has 1 unspecified atom stereocenters. The largest absolute Gasteiger partial charge is 0.383 e. The number of aryl methyl sites for hydroxylation is 1. The summed E-state index contributed by atoms with van der Waals surface area (Å²) in [7, 11) is 1.61. The number of hydrogen-bond acceptors (Lipinski definition) is 4. The van der Waals surface area contributed by atoms with Gasteiger partial charge in [0, 0.05) is 24.8 Å². The van der Waals surface area contributed by atoms with Crippen LogP contribution in [-0.2, 0) is 11.2 Å². The fourth-order valence-electron chi connectivity index (χ4n) is 1.75. The molecule has 0 bridgehead atoms. The Morgan fingerprint density at radius 3 is 2.82 bits per heavy atom. The van der Waals surface area contributed by atoms with E-state index in [1.54, 1.807) is 19.2 Å². The highest BCUT2D eigenvalue weighted by Gasteiger charge is 2.12. The van der Waals surface area contributed by atoms with Gasteiger partial charge in [0.1, 0.15) is 0 Å². The average Bonchev–Trinajstić information content (AvgIpc) is 2.30. The van der Waals surface area contributed by atoms with E-state index in [4.69, 9.17) is 10.5 Å². The standard InChI is InChI=1S/C12H18N2O3/c1-17-9-11(13)7-4-6-10-5-2-3-8-12(10)14(15)16/h2-3,5,8,11H,4,6-7,9,13H2,1H3. The lowest BCUT2D eigenvalue weighted by molar-refractivity contribution is -0.385. The smallest absolute Gasteiger partial charge is 0.272 e. The van der Waals surface area contributed by atoms with Crippen molar-refractivity contribution in [2.45, 2.75) is 25.3 Å². The minimum atomic E-state index is -0.343. The van der Waals surface area contributed by atoms with Crippen molar-refractivity contribution in [1.29, 1.82) is 0 Å². The molecule has 0 aliphatic rings.